The summed E-state index contributed by atoms with van der Waals surface area (Å²) in [6.45, 7) is 0.711. The van der Waals surface area contributed by atoms with Crippen LogP contribution in [-0.4, -0.2) is 19.6 Å². The number of carbonyl (C=O) groups excluding carboxylic acids is 1. The lowest BCUT2D eigenvalue weighted by Gasteiger charge is -2.05. The van der Waals surface area contributed by atoms with Gasteiger partial charge in [0.1, 0.15) is 0 Å². The molecule has 4 heteroatoms. The Labute approximate surface area is 83.1 Å². The van der Waals surface area contributed by atoms with Gasteiger partial charge in [-0.2, -0.15) is 0 Å². The van der Waals surface area contributed by atoms with E-state index in [0.717, 1.165) is 11.3 Å². The first kappa shape index (κ1) is 10.5. The molecule has 0 aliphatic rings. The maximum absolute atomic E-state index is 10.5. The number of amides is 1. The van der Waals surface area contributed by atoms with Crippen molar-refractivity contribution in [2.75, 3.05) is 19.0 Å². The molecule has 76 valence electrons. The minimum atomic E-state index is -0.373. The number of rotatable bonds is 5. The van der Waals surface area contributed by atoms with E-state index < -0.39 is 0 Å². The average molecular weight is 194 g/mol. The number of ether oxygens (including phenoxy) is 1. The fourth-order valence-electron chi connectivity index (χ4n) is 1.13. The SMILES string of the molecule is COCc1cccc(NCC(N)=O)c1. The smallest absolute Gasteiger partial charge is 0.236 e. The fourth-order valence-corrected chi connectivity index (χ4v) is 1.13. The monoisotopic (exact) mass is 194 g/mol. The van der Waals surface area contributed by atoms with E-state index in [9.17, 15) is 4.79 Å². The Balaban J connectivity index is 2.58. The minimum absolute atomic E-state index is 0.149. The van der Waals surface area contributed by atoms with E-state index in [2.05, 4.69) is 5.32 Å². The van der Waals surface area contributed by atoms with E-state index >= 15 is 0 Å². The van der Waals surface area contributed by atoms with Gasteiger partial charge in [0.2, 0.25) is 5.91 Å². The van der Waals surface area contributed by atoms with Crippen LogP contribution in [0.1, 0.15) is 5.56 Å². The molecule has 0 fully saturated rings. The average Bonchev–Trinajstić information content (AvgIpc) is 2.16. The van der Waals surface area contributed by atoms with Crippen molar-refractivity contribution in [2.45, 2.75) is 6.61 Å². The maximum Gasteiger partial charge on any atom is 0.236 e. The predicted molar refractivity (Wildman–Crippen MR) is 54.8 cm³/mol. The highest BCUT2D eigenvalue weighted by atomic mass is 16.5. The van der Waals surface area contributed by atoms with Crippen LogP contribution in [0.2, 0.25) is 0 Å². The van der Waals surface area contributed by atoms with Crippen molar-refractivity contribution in [2.24, 2.45) is 5.73 Å². The standard InChI is InChI=1S/C10H14N2O2/c1-14-7-8-3-2-4-9(5-8)12-6-10(11)13/h2-5,12H,6-7H2,1H3,(H2,11,13). The zero-order chi connectivity index (χ0) is 10.4. The molecule has 0 saturated carbocycles. The van der Waals surface area contributed by atoms with Crippen LogP contribution in [0, 0.1) is 0 Å². The normalized spacial score (nSPS) is 9.79. The van der Waals surface area contributed by atoms with E-state index in [1.807, 2.05) is 24.3 Å². The molecule has 1 rings (SSSR count). The Morgan fingerprint density at radius 3 is 3.00 bits per heavy atom. The quantitative estimate of drug-likeness (QED) is 0.726. The first-order chi connectivity index (χ1) is 6.72. The van der Waals surface area contributed by atoms with Gasteiger partial charge < -0.3 is 15.8 Å². The van der Waals surface area contributed by atoms with Crippen LogP contribution in [0.4, 0.5) is 5.69 Å². The van der Waals surface area contributed by atoms with Crippen molar-refractivity contribution in [3.63, 3.8) is 0 Å². The Morgan fingerprint density at radius 1 is 1.57 bits per heavy atom. The summed E-state index contributed by atoms with van der Waals surface area (Å²) in [6, 6.07) is 7.66. The second kappa shape index (κ2) is 5.24. The summed E-state index contributed by atoms with van der Waals surface area (Å²) in [4.78, 5) is 10.5. The molecule has 1 aromatic carbocycles. The maximum atomic E-state index is 10.5. The number of anilines is 1. The van der Waals surface area contributed by atoms with Crippen molar-refractivity contribution in [1.29, 1.82) is 0 Å². The topological polar surface area (TPSA) is 64.3 Å². The number of carbonyl (C=O) groups is 1. The highest BCUT2D eigenvalue weighted by Gasteiger charge is 1.96. The first-order valence-electron chi connectivity index (χ1n) is 4.32. The molecule has 0 spiro atoms. The Morgan fingerprint density at radius 2 is 2.36 bits per heavy atom. The van der Waals surface area contributed by atoms with Crippen molar-refractivity contribution < 1.29 is 9.53 Å². The van der Waals surface area contributed by atoms with Crippen LogP contribution < -0.4 is 11.1 Å². The number of hydrogen-bond acceptors (Lipinski definition) is 3. The Kier molecular flexibility index (Phi) is 3.94. The largest absolute Gasteiger partial charge is 0.380 e. The molecule has 0 saturated heterocycles. The van der Waals surface area contributed by atoms with Crippen LogP contribution in [0.5, 0.6) is 0 Å². The minimum Gasteiger partial charge on any atom is -0.380 e. The first-order valence-corrected chi connectivity index (χ1v) is 4.32. The predicted octanol–water partition coefficient (Wildman–Crippen LogP) is 0.730. The van der Waals surface area contributed by atoms with E-state index in [1.54, 1.807) is 7.11 Å². The Bertz CT molecular complexity index is 313. The van der Waals surface area contributed by atoms with Crippen molar-refractivity contribution >= 4 is 11.6 Å². The van der Waals surface area contributed by atoms with Gasteiger partial charge in [-0.3, -0.25) is 4.79 Å². The van der Waals surface area contributed by atoms with Gasteiger partial charge in [0.05, 0.1) is 13.2 Å². The fraction of sp³-hybridized carbons (Fsp3) is 0.300. The molecule has 1 aromatic rings. The van der Waals surface area contributed by atoms with E-state index in [0.29, 0.717) is 6.61 Å². The van der Waals surface area contributed by atoms with Crippen LogP contribution in [0.3, 0.4) is 0 Å². The molecular formula is C10H14N2O2. The summed E-state index contributed by atoms with van der Waals surface area (Å²) in [6.07, 6.45) is 0. The second-order valence-electron chi connectivity index (χ2n) is 2.95. The van der Waals surface area contributed by atoms with Gasteiger partial charge in [-0.05, 0) is 17.7 Å². The molecule has 1 amide bonds. The summed E-state index contributed by atoms with van der Waals surface area (Å²) < 4.78 is 4.99. The number of primary amides is 1. The van der Waals surface area contributed by atoms with Gasteiger partial charge in [0.15, 0.2) is 0 Å². The lowest BCUT2D eigenvalue weighted by Crippen LogP contribution is -2.21. The molecule has 3 N–H and O–H groups in total. The molecule has 0 atom stereocenters. The third-order valence-corrected chi connectivity index (χ3v) is 1.70. The van der Waals surface area contributed by atoms with Crippen LogP contribution in [0.25, 0.3) is 0 Å². The second-order valence-corrected chi connectivity index (χ2v) is 2.95. The van der Waals surface area contributed by atoms with E-state index in [1.165, 1.54) is 0 Å². The van der Waals surface area contributed by atoms with Gasteiger partial charge >= 0.3 is 0 Å². The van der Waals surface area contributed by atoms with Gasteiger partial charge in [0.25, 0.3) is 0 Å². The highest BCUT2D eigenvalue weighted by Crippen LogP contribution is 2.10. The van der Waals surface area contributed by atoms with Gasteiger partial charge in [-0.25, -0.2) is 0 Å². The number of hydrogen-bond donors (Lipinski definition) is 2. The van der Waals surface area contributed by atoms with E-state index in [4.69, 9.17) is 10.5 Å². The van der Waals surface area contributed by atoms with E-state index in [-0.39, 0.29) is 12.5 Å². The van der Waals surface area contributed by atoms with Gasteiger partial charge in [-0.1, -0.05) is 12.1 Å². The highest BCUT2D eigenvalue weighted by molar-refractivity contribution is 5.78. The van der Waals surface area contributed by atoms with Gasteiger partial charge in [0, 0.05) is 12.8 Å². The van der Waals surface area contributed by atoms with Crippen LogP contribution in [0.15, 0.2) is 24.3 Å². The number of nitrogens with two attached hydrogens (primary N) is 1. The summed E-state index contributed by atoms with van der Waals surface area (Å²) in [7, 11) is 1.64. The van der Waals surface area contributed by atoms with Crippen LogP contribution in [-0.2, 0) is 16.1 Å². The lowest BCUT2D eigenvalue weighted by atomic mass is 10.2. The van der Waals surface area contributed by atoms with Crippen molar-refractivity contribution in [3.8, 4) is 0 Å². The van der Waals surface area contributed by atoms with Crippen LogP contribution >= 0.6 is 0 Å². The molecule has 4 nitrogen and oxygen atoms in total. The zero-order valence-electron chi connectivity index (χ0n) is 8.12. The summed E-state index contributed by atoms with van der Waals surface area (Å²) in [5.41, 5.74) is 6.94. The number of nitrogens with one attached hydrogen (secondary N) is 1. The molecule has 0 aliphatic carbocycles. The molecule has 0 aromatic heterocycles. The summed E-state index contributed by atoms with van der Waals surface area (Å²) >= 11 is 0. The third kappa shape index (κ3) is 3.45. The summed E-state index contributed by atoms with van der Waals surface area (Å²) in [5.74, 6) is -0.373. The molecule has 0 bridgehead atoms. The molecule has 0 unspecified atom stereocenters. The van der Waals surface area contributed by atoms with Crippen molar-refractivity contribution in [3.05, 3.63) is 29.8 Å². The van der Waals surface area contributed by atoms with Crippen molar-refractivity contribution in [1.82, 2.24) is 0 Å². The number of methoxy groups -OCH3 is 1. The molecule has 0 aliphatic heterocycles. The molecular weight excluding hydrogens is 180 g/mol. The molecule has 0 heterocycles. The molecule has 0 radical (unpaired) electrons. The third-order valence-electron chi connectivity index (χ3n) is 1.70. The Hall–Kier alpha value is -1.55. The lowest BCUT2D eigenvalue weighted by molar-refractivity contribution is -0.116. The van der Waals surface area contributed by atoms with Gasteiger partial charge in [-0.15, -0.1) is 0 Å². The zero-order valence-corrected chi connectivity index (χ0v) is 8.12. The summed E-state index contributed by atoms with van der Waals surface area (Å²) in [5, 5.41) is 2.91. The molecule has 14 heavy (non-hydrogen) atoms. The number of benzene rings is 1.